The lowest BCUT2D eigenvalue weighted by Crippen LogP contribution is -2.28. The number of halogens is 1. The highest BCUT2D eigenvalue weighted by Crippen LogP contribution is 2.46. The van der Waals surface area contributed by atoms with Crippen molar-refractivity contribution in [2.75, 3.05) is 29.9 Å². The summed E-state index contributed by atoms with van der Waals surface area (Å²) in [5, 5.41) is 15.4. The molecule has 4 heterocycles. The van der Waals surface area contributed by atoms with Gasteiger partial charge in [-0.15, -0.1) is 0 Å². The number of hydrogen-bond donors (Lipinski definition) is 1. The summed E-state index contributed by atoms with van der Waals surface area (Å²) in [6.45, 7) is 6.18. The number of pyridine rings is 1. The summed E-state index contributed by atoms with van der Waals surface area (Å²) >= 11 is 1.33. The molecule has 7 nitrogen and oxygen atoms in total. The molecule has 178 valence electrons. The van der Waals surface area contributed by atoms with Crippen LogP contribution in [0.15, 0.2) is 36.4 Å². The lowest BCUT2D eigenvalue weighted by molar-refractivity contribution is 0.628. The Morgan fingerprint density at radius 2 is 1.94 bits per heavy atom. The molecule has 1 aromatic carbocycles. The van der Waals surface area contributed by atoms with Crippen LogP contribution in [0.4, 0.5) is 20.9 Å². The number of fused-ring (bicyclic) bond motifs is 2. The first-order valence-corrected chi connectivity index (χ1v) is 12.6. The zero-order valence-corrected chi connectivity index (χ0v) is 20.7. The fourth-order valence-corrected chi connectivity index (χ4v) is 6.18. The van der Waals surface area contributed by atoms with E-state index in [9.17, 15) is 9.65 Å². The quantitative estimate of drug-likeness (QED) is 0.446. The van der Waals surface area contributed by atoms with E-state index in [0.717, 1.165) is 47.7 Å². The topological polar surface area (TPSA) is 86.5 Å². The van der Waals surface area contributed by atoms with Crippen molar-refractivity contribution < 1.29 is 4.39 Å². The molecule has 1 saturated heterocycles. The third-order valence-corrected chi connectivity index (χ3v) is 8.39. The molecule has 0 bridgehead atoms. The van der Waals surface area contributed by atoms with E-state index in [-0.39, 0.29) is 5.82 Å². The lowest BCUT2D eigenvalue weighted by Gasteiger charge is -2.23. The van der Waals surface area contributed by atoms with Gasteiger partial charge in [-0.3, -0.25) is 0 Å². The highest BCUT2D eigenvalue weighted by molar-refractivity contribution is 7.16. The summed E-state index contributed by atoms with van der Waals surface area (Å²) in [6, 6.07) is 13.1. The van der Waals surface area contributed by atoms with E-state index in [1.165, 1.54) is 29.2 Å². The Kier molecular flexibility index (Phi) is 5.06. The third kappa shape index (κ3) is 3.48. The molecule has 2 N–H and O–H groups in total. The van der Waals surface area contributed by atoms with Gasteiger partial charge in [-0.2, -0.15) is 10.4 Å². The zero-order chi connectivity index (χ0) is 24.4. The molecule has 0 radical (unpaired) electrons. The molecule has 0 spiro atoms. The van der Waals surface area contributed by atoms with E-state index < -0.39 is 0 Å². The minimum absolute atomic E-state index is 0.317. The Hall–Kier alpha value is -3.48. The van der Waals surface area contributed by atoms with Crippen LogP contribution in [0, 0.1) is 35.9 Å². The second-order valence-electron chi connectivity index (χ2n) is 9.46. The Morgan fingerprint density at radius 1 is 1.23 bits per heavy atom. The maximum atomic E-state index is 13.4. The summed E-state index contributed by atoms with van der Waals surface area (Å²) in [4.78, 5) is 9.76. The molecular weight excluding hydrogens is 461 g/mol. The van der Waals surface area contributed by atoms with E-state index in [0.29, 0.717) is 33.6 Å². The van der Waals surface area contributed by atoms with Crippen LogP contribution in [-0.4, -0.2) is 40.8 Å². The summed E-state index contributed by atoms with van der Waals surface area (Å²) in [5.74, 6) is 0.894. The summed E-state index contributed by atoms with van der Waals surface area (Å²) in [5.41, 5.74) is 12.7. The van der Waals surface area contributed by atoms with Gasteiger partial charge in [-0.1, -0.05) is 18.3 Å². The Labute approximate surface area is 207 Å². The molecule has 9 heteroatoms. The van der Waals surface area contributed by atoms with E-state index >= 15 is 0 Å². The second-order valence-corrected chi connectivity index (χ2v) is 10.4. The van der Waals surface area contributed by atoms with Crippen molar-refractivity contribution in [3.8, 4) is 17.3 Å². The van der Waals surface area contributed by atoms with Gasteiger partial charge >= 0.3 is 0 Å². The smallest absolute Gasteiger partial charge is 0.191 e. The number of hydrogen-bond acceptors (Lipinski definition) is 7. The monoisotopic (exact) mass is 487 g/mol. The Bertz CT molecular complexity index is 1470. The second kappa shape index (κ2) is 8.04. The molecule has 35 heavy (non-hydrogen) atoms. The minimum atomic E-state index is -0.317. The standard InChI is InChI=1S/C26H26FN7S/c1-4-20-25(32(3)26-30-24(22(11-28)35-26)15-5-7-16(27)8-6-15)21-10-17(9-14(2)34(21)31-20)33-12-18-19(13-33)23(18)29/h5-10,18-19,23H,4,12-13,29H2,1-3H3. The van der Waals surface area contributed by atoms with Gasteiger partial charge < -0.3 is 15.5 Å². The van der Waals surface area contributed by atoms with Crippen LogP contribution in [0.5, 0.6) is 0 Å². The minimum Gasteiger partial charge on any atom is -0.371 e. The third-order valence-electron chi connectivity index (χ3n) is 7.36. The van der Waals surface area contributed by atoms with E-state index in [2.05, 4.69) is 36.9 Å². The Balaban J connectivity index is 1.43. The summed E-state index contributed by atoms with van der Waals surface area (Å²) in [6.07, 6.45) is 0.764. The van der Waals surface area contributed by atoms with Crippen molar-refractivity contribution in [1.82, 2.24) is 14.6 Å². The molecule has 1 aliphatic carbocycles. The number of anilines is 3. The van der Waals surface area contributed by atoms with Crippen molar-refractivity contribution in [3.63, 3.8) is 0 Å². The normalized spacial score (nSPS) is 20.8. The van der Waals surface area contributed by atoms with Crippen LogP contribution in [0.3, 0.4) is 0 Å². The zero-order valence-electron chi connectivity index (χ0n) is 19.9. The lowest BCUT2D eigenvalue weighted by atomic mass is 10.1. The fourth-order valence-electron chi connectivity index (χ4n) is 5.32. The Morgan fingerprint density at radius 3 is 2.60 bits per heavy atom. The van der Waals surface area contributed by atoms with Crippen molar-refractivity contribution in [1.29, 1.82) is 5.26 Å². The maximum absolute atomic E-state index is 13.4. The molecule has 6 rings (SSSR count). The van der Waals surface area contributed by atoms with Crippen molar-refractivity contribution in [2.45, 2.75) is 26.3 Å². The molecular formula is C26H26FN7S. The predicted molar refractivity (Wildman–Crippen MR) is 137 cm³/mol. The van der Waals surface area contributed by atoms with Gasteiger partial charge in [0.1, 0.15) is 22.5 Å². The largest absolute Gasteiger partial charge is 0.371 e. The van der Waals surface area contributed by atoms with E-state index in [4.69, 9.17) is 15.8 Å². The van der Waals surface area contributed by atoms with Crippen LogP contribution < -0.4 is 15.5 Å². The summed E-state index contributed by atoms with van der Waals surface area (Å²) in [7, 11) is 1.97. The molecule has 4 aromatic rings. The van der Waals surface area contributed by atoms with E-state index in [1.54, 1.807) is 12.1 Å². The van der Waals surface area contributed by atoms with E-state index in [1.807, 2.05) is 16.5 Å². The number of benzene rings is 1. The number of rotatable bonds is 5. The van der Waals surface area contributed by atoms with Crippen LogP contribution in [0.2, 0.25) is 0 Å². The first kappa shape index (κ1) is 22.0. The average molecular weight is 488 g/mol. The van der Waals surface area contributed by atoms with Crippen LogP contribution in [-0.2, 0) is 6.42 Å². The molecule has 2 unspecified atom stereocenters. The van der Waals surface area contributed by atoms with Crippen LogP contribution in [0.25, 0.3) is 16.8 Å². The number of thiazole rings is 1. The van der Waals surface area contributed by atoms with Crippen molar-refractivity contribution >= 4 is 33.4 Å². The highest BCUT2D eigenvalue weighted by Gasteiger charge is 2.53. The van der Waals surface area contributed by atoms with Gasteiger partial charge in [0.15, 0.2) is 5.13 Å². The highest BCUT2D eigenvalue weighted by atomic mass is 32.1. The number of piperidine rings is 1. The number of aromatic nitrogens is 3. The first-order chi connectivity index (χ1) is 16.9. The molecule has 2 aliphatic rings. The van der Waals surface area contributed by atoms with Gasteiger partial charge in [0.2, 0.25) is 0 Å². The molecule has 1 saturated carbocycles. The summed E-state index contributed by atoms with van der Waals surface area (Å²) < 4.78 is 15.4. The number of nitrogens with zero attached hydrogens (tertiary/aromatic N) is 6. The van der Waals surface area contributed by atoms with Gasteiger partial charge in [0, 0.05) is 43.1 Å². The molecule has 0 amide bonds. The fraction of sp³-hybridized carbons (Fsp3) is 0.346. The van der Waals surface area contributed by atoms with Crippen LogP contribution in [0.1, 0.15) is 23.2 Å². The van der Waals surface area contributed by atoms with Gasteiger partial charge in [-0.05, 0) is 61.6 Å². The predicted octanol–water partition coefficient (Wildman–Crippen LogP) is 4.50. The number of nitrogens with two attached hydrogens (primary N) is 1. The van der Waals surface area contributed by atoms with Crippen LogP contribution >= 0.6 is 11.3 Å². The average Bonchev–Trinajstić information content (AvgIpc) is 3.32. The maximum Gasteiger partial charge on any atom is 0.191 e. The molecule has 1 aliphatic heterocycles. The van der Waals surface area contributed by atoms with Gasteiger partial charge in [0.25, 0.3) is 0 Å². The SMILES string of the molecule is CCc1nn2c(C)cc(N3CC4C(N)C4C3)cc2c1N(C)c1nc(-c2ccc(F)cc2)c(C#N)s1. The van der Waals surface area contributed by atoms with Crippen molar-refractivity contribution in [2.24, 2.45) is 17.6 Å². The van der Waals surface area contributed by atoms with Gasteiger partial charge in [0.05, 0.1) is 16.9 Å². The number of aryl methyl sites for hydroxylation is 2. The molecule has 2 atom stereocenters. The van der Waals surface area contributed by atoms with Crippen molar-refractivity contribution in [3.05, 3.63) is 58.5 Å². The first-order valence-electron chi connectivity index (χ1n) is 11.8. The van der Waals surface area contributed by atoms with Gasteiger partial charge in [-0.25, -0.2) is 13.9 Å². The molecule has 2 fully saturated rings. The number of nitriles is 1. The molecule has 3 aromatic heterocycles.